The van der Waals surface area contributed by atoms with Gasteiger partial charge in [0.25, 0.3) is 0 Å². The van der Waals surface area contributed by atoms with E-state index in [1.807, 2.05) is 6.92 Å². The zero-order chi connectivity index (χ0) is 17.7. The van der Waals surface area contributed by atoms with E-state index in [4.69, 9.17) is 0 Å². The van der Waals surface area contributed by atoms with Crippen molar-refractivity contribution in [3.05, 3.63) is 58.0 Å². The highest BCUT2D eigenvalue weighted by Gasteiger charge is 2.11. The Hall–Kier alpha value is -2.61. The van der Waals surface area contributed by atoms with Gasteiger partial charge in [-0.05, 0) is 37.1 Å². The van der Waals surface area contributed by atoms with E-state index >= 15 is 0 Å². The van der Waals surface area contributed by atoms with Gasteiger partial charge in [-0.2, -0.15) is 0 Å². The highest BCUT2D eigenvalue weighted by Crippen LogP contribution is 2.24. The standard InChI is InChI=1S/C16H19N3O4S/c1-11-6-8-13(19-24(2,22)23)14(10-11)18-16(21)9-7-12-4-3-5-15(20)17-12/h3-6,8,10,19H,7,9H2,1-2H3,(H,17,20)(H,18,21). The summed E-state index contributed by atoms with van der Waals surface area (Å²) in [5.41, 5.74) is 2.04. The van der Waals surface area contributed by atoms with Crippen LogP contribution in [0.25, 0.3) is 0 Å². The summed E-state index contributed by atoms with van der Waals surface area (Å²) in [6.45, 7) is 1.84. The topological polar surface area (TPSA) is 108 Å². The van der Waals surface area contributed by atoms with E-state index in [1.54, 1.807) is 30.3 Å². The van der Waals surface area contributed by atoms with Gasteiger partial charge in [-0.3, -0.25) is 14.3 Å². The fourth-order valence-corrected chi connectivity index (χ4v) is 2.73. The highest BCUT2D eigenvalue weighted by molar-refractivity contribution is 7.92. The van der Waals surface area contributed by atoms with Gasteiger partial charge in [0.15, 0.2) is 0 Å². The summed E-state index contributed by atoms with van der Waals surface area (Å²) in [5, 5.41) is 2.70. The molecule has 0 aliphatic rings. The van der Waals surface area contributed by atoms with Crippen LogP contribution < -0.4 is 15.6 Å². The van der Waals surface area contributed by atoms with Crippen molar-refractivity contribution in [3.63, 3.8) is 0 Å². The molecule has 2 rings (SSSR count). The van der Waals surface area contributed by atoms with Crippen LogP contribution in [-0.4, -0.2) is 25.6 Å². The number of aromatic nitrogens is 1. The average molecular weight is 349 g/mol. The predicted molar refractivity (Wildman–Crippen MR) is 93.7 cm³/mol. The molecule has 0 saturated heterocycles. The Morgan fingerprint density at radius 1 is 1.17 bits per heavy atom. The molecule has 1 aromatic heterocycles. The zero-order valence-corrected chi connectivity index (χ0v) is 14.2. The first-order valence-electron chi connectivity index (χ1n) is 7.29. The summed E-state index contributed by atoms with van der Waals surface area (Å²) in [6.07, 6.45) is 1.58. The van der Waals surface area contributed by atoms with Crippen molar-refractivity contribution in [2.75, 3.05) is 16.3 Å². The Bertz CT molecular complexity index is 904. The van der Waals surface area contributed by atoms with Gasteiger partial charge in [0.1, 0.15) is 0 Å². The van der Waals surface area contributed by atoms with Gasteiger partial charge in [-0.1, -0.05) is 12.1 Å². The van der Waals surface area contributed by atoms with Crippen LogP contribution in [0.1, 0.15) is 17.7 Å². The molecule has 7 nitrogen and oxygen atoms in total. The lowest BCUT2D eigenvalue weighted by Gasteiger charge is -2.13. The molecule has 0 fully saturated rings. The quantitative estimate of drug-likeness (QED) is 0.736. The molecule has 0 bridgehead atoms. The SMILES string of the molecule is Cc1ccc(NS(C)(=O)=O)c(NC(=O)CCc2cccc(=O)[nH]2)c1. The summed E-state index contributed by atoms with van der Waals surface area (Å²) in [5.74, 6) is -0.276. The van der Waals surface area contributed by atoms with Gasteiger partial charge < -0.3 is 10.3 Å². The number of carbonyl (C=O) groups is 1. The molecule has 0 unspecified atom stereocenters. The number of aromatic amines is 1. The number of sulfonamides is 1. The number of benzene rings is 1. The molecule has 2 aromatic rings. The van der Waals surface area contributed by atoms with Gasteiger partial charge in [-0.25, -0.2) is 8.42 Å². The van der Waals surface area contributed by atoms with Crippen LogP contribution in [-0.2, 0) is 21.2 Å². The second-order valence-corrected chi connectivity index (χ2v) is 7.26. The van der Waals surface area contributed by atoms with Crippen LogP contribution in [0.15, 0.2) is 41.2 Å². The number of rotatable bonds is 6. The minimum absolute atomic E-state index is 0.159. The first-order chi connectivity index (χ1) is 11.2. The third-order valence-electron chi connectivity index (χ3n) is 3.19. The number of anilines is 2. The summed E-state index contributed by atoms with van der Waals surface area (Å²) in [6, 6.07) is 9.80. The van der Waals surface area contributed by atoms with E-state index in [0.29, 0.717) is 23.5 Å². The normalized spacial score (nSPS) is 11.1. The molecule has 1 amide bonds. The molecule has 24 heavy (non-hydrogen) atoms. The van der Waals surface area contributed by atoms with Gasteiger partial charge in [-0.15, -0.1) is 0 Å². The monoisotopic (exact) mass is 349 g/mol. The van der Waals surface area contributed by atoms with Crippen LogP contribution in [0.4, 0.5) is 11.4 Å². The number of nitrogens with one attached hydrogen (secondary N) is 3. The molecule has 8 heteroatoms. The molecule has 3 N–H and O–H groups in total. The van der Waals surface area contributed by atoms with E-state index in [-0.39, 0.29) is 17.9 Å². The van der Waals surface area contributed by atoms with Crippen molar-refractivity contribution >= 4 is 27.3 Å². The maximum atomic E-state index is 12.1. The van der Waals surface area contributed by atoms with E-state index < -0.39 is 10.0 Å². The van der Waals surface area contributed by atoms with Crippen molar-refractivity contribution in [1.29, 1.82) is 0 Å². The second-order valence-electron chi connectivity index (χ2n) is 5.51. The molecular weight excluding hydrogens is 330 g/mol. The fraction of sp³-hybridized carbons (Fsp3) is 0.250. The molecule has 0 saturated carbocycles. The summed E-state index contributed by atoms with van der Waals surface area (Å²) < 4.78 is 25.2. The predicted octanol–water partition coefficient (Wildman–Crippen LogP) is 1.63. The molecule has 0 spiro atoms. The number of amides is 1. The second kappa shape index (κ2) is 7.31. The lowest BCUT2D eigenvalue weighted by atomic mass is 10.1. The van der Waals surface area contributed by atoms with E-state index in [1.165, 1.54) is 6.07 Å². The maximum Gasteiger partial charge on any atom is 0.248 e. The largest absolute Gasteiger partial charge is 0.326 e. The molecule has 0 aliphatic heterocycles. The third kappa shape index (κ3) is 5.54. The molecule has 1 heterocycles. The molecule has 0 atom stereocenters. The number of hydrogen-bond donors (Lipinski definition) is 3. The average Bonchev–Trinajstić information content (AvgIpc) is 2.47. The number of H-pyrrole nitrogens is 1. The number of carbonyl (C=O) groups excluding carboxylic acids is 1. The van der Waals surface area contributed by atoms with Crippen molar-refractivity contribution < 1.29 is 13.2 Å². The van der Waals surface area contributed by atoms with Gasteiger partial charge >= 0.3 is 0 Å². The Morgan fingerprint density at radius 3 is 2.58 bits per heavy atom. The third-order valence-corrected chi connectivity index (χ3v) is 3.79. The minimum atomic E-state index is -3.45. The van der Waals surface area contributed by atoms with Gasteiger partial charge in [0.2, 0.25) is 21.5 Å². The highest BCUT2D eigenvalue weighted by atomic mass is 32.2. The summed E-state index contributed by atoms with van der Waals surface area (Å²) in [7, 11) is -3.45. The Balaban J connectivity index is 2.08. The molecule has 0 aliphatic carbocycles. The van der Waals surface area contributed by atoms with E-state index in [2.05, 4.69) is 15.0 Å². The lowest BCUT2D eigenvalue weighted by Crippen LogP contribution is -2.17. The lowest BCUT2D eigenvalue weighted by molar-refractivity contribution is -0.116. The maximum absolute atomic E-state index is 12.1. The molecule has 0 radical (unpaired) electrons. The fourth-order valence-electron chi connectivity index (χ4n) is 2.15. The van der Waals surface area contributed by atoms with E-state index in [0.717, 1.165) is 11.8 Å². The molecular formula is C16H19N3O4S. The minimum Gasteiger partial charge on any atom is -0.326 e. The molecule has 128 valence electrons. The van der Waals surface area contributed by atoms with E-state index in [9.17, 15) is 18.0 Å². The van der Waals surface area contributed by atoms with Crippen molar-refractivity contribution in [3.8, 4) is 0 Å². The Kier molecular flexibility index (Phi) is 5.40. The summed E-state index contributed by atoms with van der Waals surface area (Å²) in [4.78, 5) is 26.0. The van der Waals surface area contributed by atoms with Crippen LogP contribution in [0, 0.1) is 6.92 Å². The first kappa shape index (κ1) is 17.7. The van der Waals surface area contributed by atoms with Crippen LogP contribution in [0.2, 0.25) is 0 Å². The Morgan fingerprint density at radius 2 is 1.92 bits per heavy atom. The van der Waals surface area contributed by atoms with Crippen LogP contribution >= 0.6 is 0 Å². The molecule has 1 aromatic carbocycles. The van der Waals surface area contributed by atoms with Crippen molar-refractivity contribution in [1.82, 2.24) is 4.98 Å². The van der Waals surface area contributed by atoms with Crippen LogP contribution in [0.5, 0.6) is 0 Å². The number of aryl methyl sites for hydroxylation is 2. The Labute approximate surface area is 140 Å². The van der Waals surface area contributed by atoms with Crippen molar-refractivity contribution in [2.45, 2.75) is 19.8 Å². The smallest absolute Gasteiger partial charge is 0.248 e. The number of pyridine rings is 1. The van der Waals surface area contributed by atoms with Gasteiger partial charge in [0.05, 0.1) is 17.6 Å². The van der Waals surface area contributed by atoms with Crippen molar-refractivity contribution in [2.24, 2.45) is 0 Å². The van der Waals surface area contributed by atoms with Gasteiger partial charge in [0, 0.05) is 18.2 Å². The first-order valence-corrected chi connectivity index (χ1v) is 9.18. The zero-order valence-electron chi connectivity index (χ0n) is 13.4. The summed E-state index contributed by atoms with van der Waals surface area (Å²) >= 11 is 0. The number of hydrogen-bond acceptors (Lipinski definition) is 4. The van der Waals surface area contributed by atoms with Crippen LogP contribution in [0.3, 0.4) is 0 Å².